The minimum atomic E-state index is -0.332. The van der Waals surface area contributed by atoms with E-state index in [1.165, 1.54) is 7.11 Å². The lowest BCUT2D eigenvalue weighted by Crippen LogP contribution is -2.36. The largest absolute Gasteiger partial charge is 0.493 e. The van der Waals surface area contributed by atoms with E-state index in [1.807, 2.05) is 11.6 Å². The fourth-order valence-corrected chi connectivity index (χ4v) is 2.64. The van der Waals surface area contributed by atoms with Gasteiger partial charge in [-0.3, -0.25) is 5.32 Å². The van der Waals surface area contributed by atoms with Gasteiger partial charge in [0.05, 0.1) is 13.2 Å². The molecule has 1 unspecified atom stereocenters. The second-order valence-corrected chi connectivity index (χ2v) is 5.31. The average Bonchev–Trinajstić information content (AvgIpc) is 2.99. The summed E-state index contributed by atoms with van der Waals surface area (Å²) < 4.78 is 7.06. The average molecular weight is 316 g/mol. The number of methoxy groups -OCH3 is 1. The lowest BCUT2D eigenvalue weighted by atomic mass is 10.1. The lowest BCUT2D eigenvalue weighted by Gasteiger charge is -2.23. The third-order valence-electron chi connectivity index (χ3n) is 3.76. The van der Waals surface area contributed by atoms with E-state index in [1.54, 1.807) is 18.3 Å². The standard InChI is InChI=1S/C15H20N6O2/c1-3-12-18-14-10(6-5-9-21(14)20-12)17-15(22)19-13-11(23-2)7-4-8-16-13/h4,7-8,10H,3,5-6,9H2,1-2H3,(H2,16,17,19,22). The van der Waals surface area contributed by atoms with E-state index in [4.69, 9.17) is 4.74 Å². The molecule has 1 aliphatic heterocycles. The van der Waals surface area contributed by atoms with Crippen LogP contribution in [-0.2, 0) is 13.0 Å². The van der Waals surface area contributed by atoms with Crippen molar-refractivity contribution in [1.82, 2.24) is 25.1 Å². The zero-order valence-electron chi connectivity index (χ0n) is 13.2. The Morgan fingerprint density at radius 3 is 3.17 bits per heavy atom. The SMILES string of the molecule is CCc1nc2n(n1)CCCC2NC(=O)Nc1ncccc1OC. The summed E-state index contributed by atoms with van der Waals surface area (Å²) in [7, 11) is 1.54. The van der Waals surface area contributed by atoms with Crippen molar-refractivity contribution in [3.63, 3.8) is 0 Å². The Kier molecular flexibility index (Phi) is 4.40. The molecular formula is C15H20N6O2. The minimum Gasteiger partial charge on any atom is -0.493 e. The molecule has 0 saturated heterocycles. The van der Waals surface area contributed by atoms with Crippen LogP contribution in [0.15, 0.2) is 18.3 Å². The summed E-state index contributed by atoms with van der Waals surface area (Å²) >= 11 is 0. The number of amides is 2. The molecule has 23 heavy (non-hydrogen) atoms. The molecule has 1 aliphatic rings. The summed E-state index contributed by atoms with van der Waals surface area (Å²) in [5, 5.41) is 10.1. The number of carbonyl (C=O) groups excluding carboxylic acids is 1. The smallest absolute Gasteiger partial charge is 0.321 e. The molecule has 0 aliphatic carbocycles. The van der Waals surface area contributed by atoms with Crippen LogP contribution in [0.4, 0.5) is 10.6 Å². The molecule has 0 aromatic carbocycles. The van der Waals surface area contributed by atoms with Gasteiger partial charge >= 0.3 is 6.03 Å². The van der Waals surface area contributed by atoms with Gasteiger partial charge in [0.15, 0.2) is 17.4 Å². The van der Waals surface area contributed by atoms with Crippen LogP contribution in [-0.4, -0.2) is 32.9 Å². The molecule has 1 atom stereocenters. The molecular weight excluding hydrogens is 296 g/mol. The van der Waals surface area contributed by atoms with Gasteiger partial charge in [-0.15, -0.1) is 0 Å². The molecule has 0 saturated carbocycles. The zero-order valence-corrected chi connectivity index (χ0v) is 13.2. The summed E-state index contributed by atoms with van der Waals surface area (Å²) in [5.41, 5.74) is 0. The highest BCUT2D eigenvalue weighted by molar-refractivity contribution is 5.89. The third-order valence-corrected chi connectivity index (χ3v) is 3.76. The van der Waals surface area contributed by atoms with Gasteiger partial charge in [-0.2, -0.15) is 5.10 Å². The van der Waals surface area contributed by atoms with E-state index in [9.17, 15) is 4.79 Å². The van der Waals surface area contributed by atoms with Gasteiger partial charge in [0.25, 0.3) is 0 Å². The van der Waals surface area contributed by atoms with Crippen molar-refractivity contribution in [3.05, 3.63) is 30.0 Å². The maximum atomic E-state index is 12.3. The van der Waals surface area contributed by atoms with Crippen LogP contribution >= 0.6 is 0 Å². The van der Waals surface area contributed by atoms with Crippen LogP contribution in [0.2, 0.25) is 0 Å². The molecule has 2 N–H and O–H groups in total. The molecule has 2 aromatic heterocycles. The fourth-order valence-electron chi connectivity index (χ4n) is 2.64. The Bertz CT molecular complexity index is 699. The van der Waals surface area contributed by atoms with Crippen molar-refractivity contribution in [2.24, 2.45) is 0 Å². The molecule has 122 valence electrons. The Morgan fingerprint density at radius 2 is 2.39 bits per heavy atom. The number of aryl methyl sites for hydroxylation is 2. The first-order valence-electron chi connectivity index (χ1n) is 7.71. The van der Waals surface area contributed by atoms with Gasteiger partial charge in [0.1, 0.15) is 5.82 Å². The van der Waals surface area contributed by atoms with Crippen LogP contribution in [0.1, 0.15) is 37.5 Å². The first-order valence-corrected chi connectivity index (χ1v) is 7.71. The zero-order chi connectivity index (χ0) is 16.2. The predicted octanol–water partition coefficient (Wildman–Crippen LogP) is 1.90. The van der Waals surface area contributed by atoms with Crippen LogP contribution in [0.3, 0.4) is 0 Å². The highest BCUT2D eigenvalue weighted by Gasteiger charge is 2.25. The summed E-state index contributed by atoms with van der Waals surface area (Å²) in [5.74, 6) is 2.53. The van der Waals surface area contributed by atoms with Crippen LogP contribution in [0.25, 0.3) is 0 Å². The normalized spacial score (nSPS) is 16.5. The first kappa shape index (κ1) is 15.3. The molecule has 0 bridgehead atoms. The number of hydrogen-bond acceptors (Lipinski definition) is 5. The summed E-state index contributed by atoms with van der Waals surface area (Å²) in [4.78, 5) is 20.9. The number of urea groups is 1. The minimum absolute atomic E-state index is 0.147. The van der Waals surface area contributed by atoms with E-state index in [0.717, 1.165) is 37.5 Å². The quantitative estimate of drug-likeness (QED) is 0.898. The van der Waals surface area contributed by atoms with Crippen molar-refractivity contribution in [3.8, 4) is 5.75 Å². The number of nitrogens with one attached hydrogen (secondary N) is 2. The number of nitrogens with zero attached hydrogens (tertiary/aromatic N) is 4. The van der Waals surface area contributed by atoms with Crippen LogP contribution in [0, 0.1) is 0 Å². The van der Waals surface area contributed by atoms with Gasteiger partial charge in [0, 0.05) is 19.2 Å². The topological polar surface area (TPSA) is 94.0 Å². The Labute approximate surface area is 134 Å². The van der Waals surface area contributed by atoms with Crippen LogP contribution < -0.4 is 15.4 Å². The molecule has 0 spiro atoms. The highest BCUT2D eigenvalue weighted by Crippen LogP contribution is 2.24. The molecule has 3 heterocycles. The molecule has 2 aromatic rings. The molecule has 8 nitrogen and oxygen atoms in total. The number of anilines is 1. The number of fused-ring (bicyclic) bond motifs is 1. The Hall–Kier alpha value is -2.64. The molecule has 0 fully saturated rings. The van der Waals surface area contributed by atoms with Gasteiger partial charge in [-0.05, 0) is 25.0 Å². The van der Waals surface area contributed by atoms with E-state index in [0.29, 0.717) is 11.6 Å². The number of hydrogen-bond donors (Lipinski definition) is 2. The maximum absolute atomic E-state index is 12.3. The molecule has 2 amide bonds. The first-order chi connectivity index (χ1) is 11.2. The summed E-state index contributed by atoms with van der Waals surface area (Å²) in [6.45, 7) is 2.86. The number of ether oxygens (including phenoxy) is 1. The van der Waals surface area contributed by atoms with E-state index in [-0.39, 0.29) is 12.1 Å². The van der Waals surface area contributed by atoms with E-state index < -0.39 is 0 Å². The van der Waals surface area contributed by atoms with Crippen molar-refractivity contribution < 1.29 is 9.53 Å². The number of aromatic nitrogens is 4. The van der Waals surface area contributed by atoms with Gasteiger partial charge in [-0.25, -0.2) is 19.4 Å². The highest BCUT2D eigenvalue weighted by atomic mass is 16.5. The monoisotopic (exact) mass is 316 g/mol. The summed E-state index contributed by atoms with van der Waals surface area (Å²) in [6, 6.07) is 3.01. The number of carbonyl (C=O) groups is 1. The van der Waals surface area contributed by atoms with Crippen molar-refractivity contribution >= 4 is 11.8 Å². The second-order valence-electron chi connectivity index (χ2n) is 5.31. The van der Waals surface area contributed by atoms with E-state index >= 15 is 0 Å². The Balaban J connectivity index is 1.70. The Morgan fingerprint density at radius 1 is 1.52 bits per heavy atom. The number of pyridine rings is 1. The van der Waals surface area contributed by atoms with Crippen molar-refractivity contribution in [2.75, 3.05) is 12.4 Å². The molecule has 3 rings (SSSR count). The number of rotatable bonds is 4. The van der Waals surface area contributed by atoms with Crippen molar-refractivity contribution in [1.29, 1.82) is 0 Å². The predicted molar refractivity (Wildman–Crippen MR) is 84.3 cm³/mol. The van der Waals surface area contributed by atoms with Crippen molar-refractivity contribution in [2.45, 2.75) is 38.8 Å². The van der Waals surface area contributed by atoms with E-state index in [2.05, 4.69) is 25.7 Å². The third kappa shape index (κ3) is 3.25. The fraction of sp³-hybridized carbons (Fsp3) is 0.467. The van der Waals surface area contributed by atoms with Crippen LogP contribution in [0.5, 0.6) is 5.75 Å². The van der Waals surface area contributed by atoms with Gasteiger partial charge < -0.3 is 10.1 Å². The molecule has 8 heteroatoms. The maximum Gasteiger partial charge on any atom is 0.321 e. The molecule has 0 radical (unpaired) electrons. The second kappa shape index (κ2) is 6.64. The summed E-state index contributed by atoms with van der Waals surface area (Å²) in [6.07, 6.45) is 4.18. The van der Waals surface area contributed by atoms with Gasteiger partial charge in [0.2, 0.25) is 0 Å². The van der Waals surface area contributed by atoms with Gasteiger partial charge in [-0.1, -0.05) is 6.92 Å². The lowest BCUT2D eigenvalue weighted by molar-refractivity contribution is 0.244.